The van der Waals surface area contributed by atoms with Gasteiger partial charge in [0, 0.05) is 32.1 Å². The fourth-order valence-electron chi connectivity index (χ4n) is 3.32. The normalized spacial score (nSPS) is 16.9. The van der Waals surface area contributed by atoms with Crippen molar-refractivity contribution in [1.29, 1.82) is 0 Å². The molecule has 0 aliphatic carbocycles. The van der Waals surface area contributed by atoms with Gasteiger partial charge in [0.25, 0.3) is 0 Å². The molecule has 1 atom stereocenters. The lowest BCUT2D eigenvalue weighted by atomic mass is 9.93. The van der Waals surface area contributed by atoms with Gasteiger partial charge in [-0.05, 0) is 44.1 Å². The fourth-order valence-corrected chi connectivity index (χ4v) is 3.32. The number of carbonyl (C=O) groups excluding carboxylic acids is 2. The smallest absolute Gasteiger partial charge is 0.324 e. The number of likely N-dealkylation sites (tertiary alicyclic amines) is 1. The van der Waals surface area contributed by atoms with Crippen molar-refractivity contribution >= 4 is 11.9 Å². The molecule has 1 aliphatic rings. The van der Waals surface area contributed by atoms with Gasteiger partial charge in [-0.1, -0.05) is 33.6 Å². The highest BCUT2D eigenvalue weighted by Gasteiger charge is 2.26. The predicted octanol–water partition coefficient (Wildman–Crippen LogP) is 2.34. The fraction of sp³-hybridized carbons (Fsp3) is 0.895. The van der Waals surface area contributed by atoms with Gasteiger partial charge in [0.1, 0.15) is 0 Å². The molecule has 0 saturated carbocycles. The van der Waals surface area contributed by atoms with Crippen LogP contribution < -0.4 is 16.4 Å². The molecular formula is C19H38N4O2. The molecule has 0 spiro atoms. The Morgan fingerprint density at radius 3 is 2.40 bits per heavy atom. The second-order valence-corrected chi connectivity index (χ2v) is 7.67. The van der Waals surface area contributed by atoms with Crippen molar-refractivity contribution in [1.82, 2.24) is 15.5 Å². The highest BCUT2D eigenvalue weighted by atomic mass is 16.2. The number of nitrogens with one attached hydrogen (secondary N) is 2. The number of hydrogen-bond acceptors (Lipinski definition) is 4. The van der Waals surface area contributed by atoms with E-state index in [1.807, 2.05) is 0 Å². The summed E-state index contributed by atoms with van der Waals surface area (Å²) in [5, 5.41) is 5.98. The van der Waals surface area contributed by atoms with Crippen LogP contribution in [0.15, 0.2) is 0 Å². The zero-order chi connectivity index (χ0) is 18.7. The highest BCUT2D eigenvalue weighted by Crippen LogP contribution is 2.19. The average Bonchev–Trinajstić information content (AvgIpc) is 2.59. The van der Waals surface area contributed by atoms with E-state index in [4.69, 9.17) is 5.73 Å². The lowest BCUT2D eigenvalue weighted by molar-refractivity contribution is -0.124. The minimum absolute atomic E-state index is 0.0469. The van der Waals surface area contributed by atoms with Crippen molar-refractivity contribution in [3.05, 3.63) is 0 Å². The molecule has 0 unspecified atom stereocenters. The zero-order valence-electron chi connectivity index (χ0n) is 16.4. The average molecular weight is 355 g/mol. The van der Waals surface area contributed by atoms with Gasteiger partial charge in [-0.2, -0.15) is 0 Å². The van der Waals surface area contributed by atoms with Crippen LogP contribution in [0.3, 0.4) is 0 Å². The van der Waals surface area contributed by atoms with E-state index < -0.39 is 0 Å². The van der Waals surface area contributed by atoms with Gasteiger partial charge in [0.05, 0.1) is 0 Å². The van der Waals surface area contributed by atoms with Gasteiger partial charge in [-0.25, -0.2) is 4.79 Å². The lowest BCUT2D eigenvalue weighted by Crippen LogP contribution is -2.48. The molecule has 3 amide bonds. The van der Waals surface area contributed by atoms with Crippen LogP contribution >= 0.6 is 0 Å². The molecule has 146 valence electrons. The van der Waals surface area contributed by atoms with Gasteiger partial charge in [0.2, 0.25) is 5.91 Å². The maximum atomic E-state index is 12.5. The molecule has 1 saturated heterocycles. The minimum Gasteiger partial charge on any atom is -0.329 e. The quantitative estimate of drug-likeness (QED) is 0.526. The van der Waals surface area contributed by atoms with Crippen molar-refractivity contribution < 1.29 is 9.59 Å². The predicted molar refractivity (Wildman–Crippen MR) is 102 cm³/mol. The second-order valence-electron chi connectivity index (χ2n) is 7.67. The van der Waals surface area contributed by atoms with Crippen molar-refractivity contribution in [2.75, 3.05) is 32.7 Å². The Morgan fingerprint density at radius 2 is 1.84 bits per heavy atom. The Hall–Kier alpha value is -1.14. The Kier molecular flexibility index (Phi) is 10.7. The summed E-state index contributed by atoms with van der Waals surface area (Å²) in [6.07, 6.45) is 5.65. The summed E-state index contributed by atoms with van der Waals surface area (Å²) in [4.78, 5) is 26.6. The van der Waals surface area contributed by atoms with Gasteiger partial charge in [-0.15, -0.1) is 0 Å². The van der Waals surface area contributed by atoms with Gasteiger partial charge < -0.3 is 16.0 Å². The van der Waals surface area contributed by atoms with Gasteiger partial charge in [0.15, 0.2) is 0 Å². The number of rotatable bonds is 10. The Bertz CT molecular complexity index is 393. The van der Waals surface area contributed by atoms with E-state index in [0.717, 1.165) is 64.7 Å². The molecule has 0 aromatic rings. The van der Waals surface area contributed by atoms with Crippen LogP contribution in [0.1, 0.15) is 59.3 Å². The van der Waals surface area contributed by atoms with Crippen LogP contribution in [0, 0.1) is 17.8 Å². The highest BCUT2D eigenvalue weighted by molar-refractivity contribution is 5.95. The number of nitrogens with zero attached hydrogens (tertiary/aromatic N) is 1. The lowest BCUT2D eigenvalue weighted by Gasteiger charge is -2.32. The van der Waals surface area contributed by atoms with Crippen LogP contribution in [-0.2, 0) is 4.79 Å². The number of hydrogen-bond donors (Lipinski definition) is 3. The van der Waals surface area contributed by atoms with Crippen LogP contribution in [0.25, 0.3) is 0 Å². The maximum absolute atomic E-state index is 12.5. The largest absolute Gasteiger partial charge is 0.329 e. The third kappa shape index (κ3) is 8.68. The number of urea groups is 1. The third-order valence-electron chi connectivity index (χ3n) is 4.99. The summed E-state index contributed by atoms with van der Waals surface area (Å²) < 4.78 is 0. The van der Waals surface area contributed by atoms with Crippen LogP contribution in [-0.4, -0.2) is 49.6 Å². The third-order valence-corrected chi connectivity index (χ3v) is 4.99. The first kappa shape index (κ1) is 21.9. The van der Waals surface area contributed by atoms with E-state index >= 15 is 0 Å². The van der Waals surface area contributed by atoms with Crippen molar-refractivity contribution in [2.24, 2.45) is 23.5 Å². The molecule has 1 aliphatic heterocycles. The zero-order valence-corrected chi connectivity index (χ0v) is 16.4. The van der Waals surface area contributed by atoms with Crippen LogP contribution in [0.2, 0.25) is 0 Å². The topological polar surface area (TPSA) is 87.5 Å². The summed E-state index contributed by atoms with van der Waals surface area (Å²) in [6, 6.07) is -0.219. The van der Waals surface area contributed by atoms with Crippen LogP contribution in [0.4, 0.5) is 4.79 Å². The Balaban J connectivity index is 2.37. The summed E-state index contributed by atoms with van der Waals surface area (Å²) in [5.74, 6) is 1.02. The molecule has 0 aromatic carbocycles. The van der Waals surface area contributed by atoms with Crippen LogP contribution in [0.5, 0.6) is 0 Å². The van der Waals surface area contributed by atoms with E-state index in [1.54, 1.807) is 4.90 Å². The molecule has 1 rings (SSSR count). The number of carbonyl (C=O) groups is 2. The minimum atomic E-state index is -0.219. The number of piperidine rings is 1. The molecule has 25 heavy (non-hydrogen) atoms. The van der Waals surface area contributed by atoms with E-state index in [0.29, 0.717) is 18.4 Å². The molecule has 0 bridgehead atoms. The van der Waals surface area contributed by atoms with Crippen molar-refractivity contribution in [2.45, 2.75) is 59.3 Å². The second kappa shape index (κ2) is 12.3. The molecule has 0 aromatic heterocycles. The van der Waals surface area contributed by atoms with E-state index in [-0.39, 0.29) is 17.9 Å². The molecule has 6 nitrogen and oxygen atoms in total. The summed E-state index contributed by atoms with van der Waals surface area (Å²) >= 11 is 0. The summed E-state index contributed by atoms with van der Waals surface area (Å²) in [5.41, 5.74) is 5.48. The first-order valence-corrected chi connectivity index (χ1v) is 9.98. The molecule has 6 heteroatoms. The monoisotopic (exact) mass is 354 g/mol. The molecule has 4 N–H and O–H groups in total. The summed E-state index contributed by atoms with van der Waals surface area (Å²) in [6.45, 7) is 10.3. The number of imide groups is 1. The Morgan fingerprint density at radius 1 is 1.16 bits per heavy atom. The molecule has 1 fully saturated rings. The number of amides is 3. The first-order valence-electron chi connectivity index (χ1n) is 9.98. The first-order chi connectivity index (χ1) is 12.0. The van der Waals surface area contributed by atoms with E-state index in [1.165, 1.54) is 0 Å². The summed E-state index contributed by atoms with van der Waals surface area (Å²) in [7, 11) is 0. The number of nitrogens with two attached hydrogens (primary N) is 1. The SMILES string of the molecule is CCC[C@@H](CCC(C)C)C(=O)NC(=O)N1CCC(CNCCN)CC1. The molecule has 0 radical (unpaired) electrons. The standard InChI is InChI=1S/C19H38N4O2/c1-4-5-17(7-6-15(2)3)18(24)22-19(25)23-12-8-16(9-13-23)14-21-11-10-20/h15-17,21H,4-14,20H2,1-3H3,(H,22,24,25)/t17-/m0/s1. The van der Waals surface area contributed by atoms with E-state index in [2.05, 4.69) is 31.4 Å². The maximum Gasteiger partial charge on any atom is 0.324 e. The van der Waals surface area contributed by atoms with Crippen molar-refractivity contribution in [3.63, 3.8) is 0 Å². The molecule has 1 heterocycles. The van der Waals surface area contributed by atoms with E-state index in [9.17, 15) is 9.59 Å². The van der Waals surface area contributed by atoms with Gasteiger partial charge in [-0.3, -0.25) is 10.1 Å². The Labute approximate surface area is 153 Å². The molecular weight excluding hydrogens is 316 g/mol. The van der Waals surface area contributed by atoms with Crippen molar-refractivity contribution in [3.8, 4) is 0 Å². The van der Waals surface area contributed by atoms with Gasteiger partial charge >= 0.3 is 6.03 Å².